The predicted molar refractivity (Wildman–Crippen MR) is 75.6 cm³/mol. The van der Waals surface area contributed by atoms with Crippen LogP contribution < -0.4 is 5.32 Å². The van der Waals surface area contributed by atoms with Crippen LogP contribution in [0.25, 0.3) is 0 Å². The standard InChI is InChI=1S/C11H18N4O.2ClH/c1-9-7-10(2)15(13-9)8-11(16)14-5-3-12-4-6-14;;/h7,12H,3-6,8H2,1-2H3;2*1H. The van der Waals surface area contributed by atoms with Crippen LogP contribution in [-0.2, 0) is 11.3 Å². The van der Waals surface area contributed by atoms with Gasteiger partial charge in [-0.1, -0.05) is 0 Å². The number of carbonyl (C=O) groups is 1. The second-order valence-electron chi connectivity index (χ2n) is 4.22. The average Bonchev–Trinajstić information content (AvgIpc) is 2.59. The van der Waals surface area contributed by atoms with E-state index in [-0.39, 0.29) is 30.7 Å². The van der Waals surface area contributed by atoms with Gasteiger partial charge >= 0.3 is 0 Å². The molecule has 0 aromatic carbocycles. The van der Waals surface area contributed by atoms with Gasteiger partial charge in [-0.15, -0.1) is 24.8 Å². The van der Waals surface area contributed by atoms with E-state index in [0.717, 1.165) is 37.6 Å². The van der Waals surface area contributed by atoms with Crippen molar-refractivity contribution in [3.63, 3.8) is 0 Å². The highest BCUT2D eigenvalue weighted by Gasteiger charge is 2.17. The van der Waals surface area contributed by atoms with E-state index in [1.165, 1.54) is 0 Å². The van der Waals surface area contributed by atoms with Crippen molar-refractivity contribution >= 4 is 30.7 Å². The third-order valence-corrected chi connectivity index (χ3v) is 2.86. The molecule has 0 saturated carbocycles. The third-order valence-electron chi connectivity index (χ3n) is 2.86. The molecule has 18 heavy (non-hydrogen) atoms. The lowest BCUT2D eigenvalue weighted by atomic mass is 10.3. The number of amides is 1. The minimum Gasteiger partial charge on any atom is -0.339 e. The van der Waals surface area contributed by atoms with Gasteiger partial charge in [0.05, 0.1) is 5.69 Å². The summed E-state index contributed by atoms with van der Waals surface area (Å²) in [5, 5.41) is 7.53. The minimum atomic E-state index is 0. The van der Waals surface area contributed by atoms with Gasteiger partial charge in [-0.2, -0.15) is 5.10 Å². The molecule has 1 amide bonds. The maximum Gasteiger partial charge on any atom is 0.244 e. The minimum absolute atomic E-state index is 0. The summed E-state index contributed by atoms with van der Waals surface area (Å²) < 4.78 is 1.78. The van der Waals surface area contributed by atoms with Crippen LogP contribution in [0.3, 0.4) is 0 Å². The highest BCUT2D eigenvalue weighted by molar-refractivity contribution is 5.85. The van der Waals surface area contributed by atoms with Crippen LogP contribution >= 0.6 is 24.8 Å². The molecule has 1 aromatic rings. The van der Waals surface area contributed by atoms with Gasteiger partial charge in [0.25, 0.3) is 0 Å². The van der Waals surface area contributed by atoms with Crippen LogP contribution in [0, 0.1) is 13.8 Å². The summed E-state index contributed by atoms with van der Waals surface area (Å²) >= 11 is 0. The van der Waals surface area contributed by atoms with E-state index < -0.39 is 0 Å². The molecule has 1 saturated heterocycles. The van der Waals surface area contributed by atoms with Crippen LogP contribution in [0.2, 0.25) is 0 Å². The number of aryl methyl sites for hydroxylation is 2. The van der Waals surface area contributed by atoms with Crippen molar-refractivity contribution in [3.05, 3.63) is 17.5 Å². The molecule has 0 spiro atoms. The fourth-order valence-electron chi connectivity index (χ4n) is 1.98. The Morgan fingerprint density at radius 1 is 1.33 bits per heavy atom. The molecule has 5 nitrogen and oxygen atoms in total. The van der Waals surface area contributed by atoms with Crippen LogP contribution in [0.1, 0.15) is 11.4 Å². The van der Waals surface area contributed by atoms with Crippen LogP contribution in [0.15, 0.2) is 6.07 Å². The molecular weight excluding hydrogens is 275 g/mol. The molecule has 0 radical (unpaired) electrons. The summed E-state index contributed by atoms with van der Waals surface area (Å²) in [6.07, 6.45) is 0. The zero-order chi connectivity index (χ0) is 11.5. The average molecular weight is 295 g/mol. The summed E-state index contributed by atoms with van der Waals surface area (Å²) in [6, 6.07) is 1.99. The van der Waals surface area contributed by atoms with Crippen molar-refractivity contribution in [2.24, 2.45) is 0 Å². The van der Waals surface area contributed by atoms with Crippen molar-refractivity contribution in [1.82, 2.24) is 20.0 Å². The number of carbonyl (C=O) groups excluding carboxylic acids is 1. The summed E-state index contributed by atoms with van der Waals surface area (Å²) in [4.78, 5) is 13.9. The van der Waals surface area contributed by atoms with E-state index in [1.807, 2.05) is 24.8 Å². The van der Waals surface area contributed by atoms with Crippen LogP contribution in [0.4, 0.5) is 0 Å². The van der Waals surface area contributed by atoms with E-state index in [2.05, 4.69) is 10.4 Å². The monoisotopic (exact) mass is 294 g/mol. The number of halogens is 2. The Morgan fingerprint density at radius 2 is 1.94 bits per heavy atom. The molecule has 1 aliphatic heterocycles. The fraction of sp³-hybridized carbons (Fsp3) is 0.636. The molecule has 1 aromatic heterocycles. The quantitative estimate of drug-likeness (QED) is 0.877. The van der Waals surface area contributed by atoms with E-state index >= 15 is 0 Å². The maximum absolute atomic E-state index is 12.0. The van der Waals surface area contributed by atoms with E-state index in [0.29, 0.717) is 6.54 Å². The molecule has 1 N–H and O–H groups in total. The van der Waals surface area contributed by atoms with Crippen molar-refractivity contribution in [2.75, 3.05) is 26.2 Å². The predicted octanol–water partition coefficient (Wildman–Crippen LogP) is 0.775. The summed E-state index contributed by atoms with van der Waals surface area (Å²) in [6.45, 7) is 7.67. The highest BCUT2D eigenvalue weighted by Crippen LogP contribution is 2.03. The van der Waals surface area contributed by atoms with E-state index in [9.17, 15) is 4.79 Å². The topological polar surface area (TPSA) is 50.2 Å². The number of rotatable bonds is 2. The Morgan fingerprint density at radius 3 is 2.44 bits per heavy atom. The Hall–Kier alpha value is -0.780. The van der Waals surface area contributed by atoms with Crippen molar-refractivity contribution < 1.29 is 4.79 Å². The number of nitrogens with zero attached hydrogens (tertiary/aromatic N) is 3. The molecule has 1 aliphatic rings. The second-order valence-corrected chi connectivity index (χ2v) is 4.22. The maximum atomic E-state index is 12.0. The lowest BCUT2D eigenvalue weighted by Crippen LogP contribution is -2.47. The normalized spacial score (nSPS) is 14.7. The summed E-state index contributed by atoms with van der Waals surface area (Å²) in [5.74, 6) is 0.160. The van der Waals surface area contributed by atoms with Crippen LogP contribution in [-0.4, -0.2) is 46.8 Å². The lowest BCUT2D eigenvalue weighted by Gasteiger charge is -2.27. The smallest absolute Gasteiger partial charge is 0.244 e. The molecule has 2 heterocycles. The SMILES string of the molecule is Cc1cc(C)n(CC(=O)N2CCNCC2)n1.Cl.Cl. The molecule has 0 bridgehead atoms. The van der Waals surface area contributed by atoms with Crippen molar-refractivity contribution in [1.29, 1.82) is 0 Å². The van der Waals surface area contributed by atoms with Crippen LogP contribution in [0.5, 0.6) is 0 Å². The largest absolute Gasteiger partial charge is 0.339 e. The number of hydrogen-bond donors (Lipinski definition) is 1. The number of aromatic nitrogens is 2. The molecule has 0 aliphatic carbocycles. The third kappa shape index (κ3) is 4.15. The number of nitrogens with one attached hydrogen (secondary N) is 1. The van der Waals surface area contributed by atoms with Crippen molar-refractivity contribution in [2.45, 2.75) is 20.4 Å². The van der Waals surface area contributed by atoms with Gasteiger partial charge in [0.1, 0.15) is 6.54 Å². The first-order valence-electron chi connectivity index (χ1n) is 5.66. The Kier molecular flexibility index (Phi) is 7.28. The summed E-state index contributed by atoms with van der Waals surface area (Å²) in [7, 11) is 0. The Labute approximate surface area is 120 Å². The lowest BCUT2D eigenvalue weighted by molar-refractivity contribution is -0.132. The zero-order valence-corrected chi connectivity index (χ0v) is 12.3. The van der Waals surface area contributed by atoms with Gasteiger partial charge in [-0.05, 0) is 19.9 Å². The molecule has 7 heteroatoms. The van der Waals surface area contributed by atoms with Gasteiger partial charge in [-0.3, -0.25) is 9.48 Å². The Bertz CT molecular complexity index is 388. The molecule has 1 fully saturated rings. The van der Waals surface area contributed by atoms with Crippen molar-refractivity contribution in [3.8, 4) is 0 Å². The highest BCUT2D eigenvalue weighted by atomic mass is 35.5. The molecule has 2 rings (SSSR count). The van der Waals surface area contributed by atoms with Gasteiger partial charge in [0.15, 0.2) is 0 Å². The van der Waals surface area contributed by atoms with E-state index in [1.54, 1.807) is 4.68 Å². The van der Waals surface area contributed by atoms with Gasteiger partial charge in [-0.25, -0.2) is 0 Å². The van der Waals surface area contributed by atoms with E-state index in [4.69, 9.17) is 0 Å². The fourth-order valence-corrected chi connectivity index (χ4v) is 1.98. The second kappa shape index (κ2) is 7.61. The van der Waals surface area contributed by atoms with Gasteiger partial charge in [0.2, 0.25) is 5.91 Å². The first-order valence-corrected chi connectivity index (χ1v) is 5.66. The molecule has 0 unspecified atom stereocenters. The Balaban J connectivity index is 0.00000144. The first-order chi connectivity index (χ1) is 7.66. The zero-order valence-electron chi connectivity index (χ0n) is 10.7. The van der Waals surface area contributed by atoms with Gasteiger partial charge in [0, 0.05) is 31.9 Å². The molecule has 0 atom stereocenters. The molecule has 104 valence electrons. The summed E-state index contributed by atoms with van der Waals surface area (Å²) in [5.41, 5.74) is 2.01. The van der Waals surface area contributed by atoms with Gasteiger partial charge < -0.3 is 10.2 Å². The number of hydrogen-bond acceptors (Lipinski definition) is 3. The first kappa shape index (κ1) is 17.2. The molecular formula is C11H20Cl2N4O. The number of piperazine rings is 1.